The van der Waals surface area contributed by atoms with Crippen molar-refractivity contribution >= 4 is 11.8 Å². The number of benzene rings is 1. The third-order valence-corrected chi connectivity index (χ3v) is 2.57. The van der Waals surface area contributed by atoms with Gasteiger partial charge in [-0.25, -0.2) is 4.79 Å². The minimum absolute atomic E-state index is 0.185. The summed E-state index contributed by atoms with van der Waals surface area (Å²) in [6, 6.07) is 3.19. The number of carbonyl (C=O) groups excluding carboxylic acids is 1. The first kappa shape index (κ1) is 17.6. The molecular weight excluding hydrogens is 288 g/mol. The average Bonchev–Trinajstić information content (AvgIpc) is 2.46. The van der Waals surface area contributed by atoms with Gasteiger partial charge in [0.15, 0.2) is 5.78 Å². The zero-order chi connectivity index (χ0) is 16.5. The van der Waals surface area contributed by atoms with Gasteiger partial charge in [0, 0.05) is 18.2 Å². The molecule has 0 amide bonds. The number of carboxylic acids is 1. The van der Waals surface area contributed by atoms with E-state index in [-0.39, 0.29) is 5.56 Å². The van der Waals surface area contributed by atoms with E-state index < -0.39 is 11.8 Å². The van der Waals surface area contributed by atoms with E-state index in [0.717, 1.165) is 12.2 Å². The van der Waals surface area contributed by atoms with Crippen molar-refractivity contribution in [2.45, 2.75) is 20.8 Å². The highest BCUT2D eigenvalue weighted by atomic mass is 16.5. The third-order valence-electron chi connectivity index (χ3n) is 2.57. The maximum atomic E-state index is 12.3. The predicted molar refractivity (Wildman–Crippen MR) is 81.1 cm³/mol. The molecule has 0 bridgehead atoms. The molecule has 0 spiro atoms. The lowest BCUT2D eigenvalue weighted by Gasteiger charge is -2.15. The molecule has 1 aromatic rings. The summed E-state index contributed by atoms with van der Waals surface area (Å²) in [7, 11) is 0. The van der Waals surface area contributed by atoms with Gasteiger partial charge >= 0.3 is 5.97 Å². The van der Waals surface area contributed by atoms with Gasteiger partial charge < -0.3 is 19.3 Å². The van der Waals surface area contributed by atoms with Crippen molar-refractivity contribution in [1.82, 2.24) is 0 Å². The summed E-state index contributed by atoms with van der Waals surface area (Å²) in [5.74, 6) is -0.574. The monoisotopic (exact) mass is 308 g/mol. The van der Waals surface area contributed by atoms with Crippen LogP contribution in [0.2, 0.25) is 0 Å². The Morgan fingerprint density at radius 2 is 1.45 bits per heavy atom. The third kappa shape index (κ3) is 4.80. The minimum atomic E-state index is -1.20. The Hall–Kier alpha value is -2.50. The summed E-state index contributed by atoms with van der Waals surface area (Å²) in [6.07, 6.45) is 1.76. The van der Waals surface area contributed by atoms with E-state index in [0.29, 0.717) is 37.1 Å². The molecule has 1 aromatic carbocycles. The number of allylic oxidation sites excluding steroid dienone is 1. The van der Waals surface area contributed by atoms with Crippen molar-refractivity contribution in [3.8, 4) is 17.2 Å². The summed E-state index contributed by atoms with van der Waals surface area (Å²) < 4.78 is 16.4. The standard InChI is InChI=1S/C16H20O6/c1-4-20-11-9-13(21-5-2)16(14(10-11)22-6-3)12(17)7-8-15(18)19/h7-10H,4-6H2,1-3H3,(H,18,19)/b8-7+. The van der Waals surface area contributed by atoms with Crippen LogP contribution < -0.4 is 14.2 Å². The summed E-state index contributed by atoms with van der Waals surface area (Å²) in [4.78, 5) is 22.8. The lowest BCUT2D eigenvalue weighted by molar-refractivity contribution is -0.131. The van der Waals surface area contributed by atoms with Crippen molar-refractivity contribution in [2.24, 2.45) is 0 Å². The second-order valence-electron chi connectivity index (χ2n) is 4.13. The molecular formula is C16H20O6. The van der Waals surface area contributed by atoms with Crippen molar-refractivity contribution in [3.63, 3.8) is 0 Å². The first-order chi connectivity index (χ1) is 10.5. The van der Waals surface area contributed by atoms with Crippen LogP contribution in [0.15, 0.2) is 24.3 Å². The molecule has 1 N–H and O–H groups in total. The molecule has 0 aliphatic rings. The molecule has 0 saturated carbocycles. The largest absolute Gasteiger partial charge is 0.494 e. The summed E-state index contributed by atoms with van der Waals surface area (Å²) in [5.41, 5.74) is 0.185. The van der Waals surface area contributed by atoms with Crippen LogP contribution >= 0.6 is 0 Å². The summed E-state index contributed by atoms with van der Waals surface area (Å²) >= 11 is 0. The SMILES string of the molecule is CCOc1cc(OCC)c(C(=O)/C=C/C(=O)O)c(OCC)c1. The number of ketones is 1. The molecule has 6 nitrogen and oxygen atoms in total. The van der Waals surface area contributed by atoms with Crippen LogP contribution in [-0.2, 0) is 4.79 Å². The Kier molecular flexibility index (Phi) is 6.95. The number of hydrogen-bond donors (Lipinski definition) is 1. The molecule has 0 aliphatic carbocycles. The van der Waals surface area contributed by atoms with Crippen molar-refractivity contribution < 1.29 is 28.9 Å². The Morgan fingerprint density at radius 3 is 1.86 bits per heavy atom. The number of hydrogen-bond acceptors (Lipinski definition) is 5. The fourth-order valence-electron chi connectivity index (χ4n) is 1.83. The first-order valence-electron chi connectivity index (χ1n) is 7.05. The van der Waals surface area contributed by atoms with E-state index in [9.17, 15) is 9.59 Å². The fraction of sp³-hybridized carbons (Fsp3) is 0.375. The van der Waals surface area contributed by atoms with Crippen LogP contribution in [-0.4, -0.2) is 36.7 Å². The van der Waals surface area contributed by atoms with Gasteiger partial charge in [-0.15, -0.1) is 0 Å². The van der Waals surface area contributed by atoms with Crippen molar-refractivity contribution in [2.75, 3.05) is 19.8 Å². The van der Waals surface area contributed by atoms with Gasteiger partial charge in [-0.3, -0.25) is 4.79 Å². The molecule has 0 aliphatic heterocycles. The molecule has 0 heterocycles. The van der Waals surface area contributed by atoms with Crippen LogP contribution in [0.5, 0.6) is 17.2 Å². The molecule has 0 aromatic heterocycles. The highest BCUT2D eigenvalue weighted by Gasteiger charge is 2.19. The lowest BCUT2D eigenvalue weighted by atomic mass is 10.1. The first-order valence-corrected chi connectivity index (χ1v) is 7.05. The Bertz CT molecular complexity index is 535. The van der Waals surface area contributed by atoms with Gasteiger partial charge in [-0.1, -0.05) is 0 Å². The van der Waals surface area contributed by atoms with Gasteiger partial charge in [0.2, 0.25) is 0 Å². The number of rotatable bonds is 9. The van der Waals surface area contributed by atoms with Crippen LogP contribution in [0.25, 0.3) is 0 Å². The number of carbonyl (C=O) groups is 2. The quantitative estimate of drug-likeness (QED) is 0.558. The van der Waals surface area contributed by atoms with Crippen LogP contribution in [0.3, 0.4) is 0 Å². The number of carboxylic acid groups (broad SMARTS) is 1. The summed E-state index contributed by atoms with van der Waals surface area (Å²) in [6.45, 7) is 6.58. The molecule has 22 heavy (non-hydrogen) atoms. The Balaban J connectivity index is 3.35. The van der Waals surface area contributed by atoms with Gasteiger partial charge in [-0.2, -0.15) is 0 Å². The molecule has 1 rings (SSSR count). The van der Waals surface area contributed by atoms with E-state index in [1.807, 2.05) is 6.92 Å². The maximum absolute atomic E-state index is 12.3. The van der Waals surface area contributed by atoms with Gasteiger partial charge in [-0.05, 0) is 26.8 Å². The van der Waals surface area contributed by atoms with Gasteiger partial charge in [0.1, 0.15) is 22.8 Å². The van der Waals surface area contributed by atoms with Crippen molar-refractivity contribution in [1.29, 1.82) is 0 Å². The molecule has 0 unspecified atom stereocenters. The average molecular weight is 308 g/mol. The van der Waals surface area contributed by atoms with Gasteiger partial charge in [0.25, 0.3) is 0 Å². The molecule has 0 saturated heterocycles. The van der Waals surface area contributed by atoms with Crippen LogP contribution in [0.4, 0.5) is 0 Å². The van der Waals surface area contributed by atoms with E-state index in [1.54, 1.807) is 26.0 Å². The molecule has 0 atom stereocenters. The number of aliphatic carboxylic acids is 1. The molecule has 0 radical (unpaired) electrons. The maximum Gasteiger partial charge on any atom is 0.328 e. The van der Waals surface area contributed by atoms with E-state index in [1.165, 1.54) is 0 Å². The molecule has 6 heteroatoms. The van der Waals surface area contributed by atoms with Crippen molar-refractivity contribution in [3.05, 3.63) is 29.8 Å². The fourth-order valence-corrected chi connectivity index (χ4v) is 1.83. The smallest absolute Gasteiger partial charge is 0.328 e. The van der Waals surface area contributed by atoms with E-state index in [4.69, 9.17) is 19.3 Å². The highest BCUT2D eigenvalue weighted by molar-refractivity contribution is 6.10. The summed E-state index contributed by atoms with van der Waals surface area (Å²) in [5, 5.41) is 8.65. The van der Waals surface area contributed by atoms with Gasteiger partial charge in [0.05, 0.1) is 19.8 Å². The molecule has 120 valence electrons. The molecule has 0 fully saturated rings. The van der Waals surface area contributed by atoms with Crippen LogP contribution in [0, 0.1) is 0 Å². The Morgan fingerprint density at radius 1 is 0.955 bits per heavy atom. The zero-order valence-electron chi connectivity index (χ0n) is 12.9. The predicted octanol–water partition coefficient (Wildman–Crippen LogP) is 2.71. The topological polar surface area (TPSA) is 82.1 Å². The Labute approximate surface area is 129 Å². The second-order valence-corrected chi connectivity index (χ2v) is 4.13. The highest BCUT2D eigenvalue weighted by Crippen LogP contribution is 2.35. The normalized spacial score (nSPS) is 10.5. The van der Waals surface area contributed by atoms with E-state index >= 15 is 0 Å². The minimum Gasteiger partial charge on any atom is -0.494 e. The van der Waals surface area contributed by atoms with E-state index in [2.05, 4.69) is 0 Å². The number of ether oxygens (including phenoxy) is 3. The zero-order valence-corrected chi connectivity index (χ0v) is 12.9. The van der Waals surface area contributed by atoms with Crippen LogP contribution in [0.1, 0.15) is 31.1 Å². The lowest BCUT2D eigenvalue weighted by Crippen LogP contribution is -2.07. The second kappa shape index (κ2) is 8.71.